The van der Waals surface area contributed by atoms with Crippen LogP contribution in [0, 0.1) is 0 Å². The third-order valence-corrected chi connectivity index (χ3v) is 2.55. The van der Waals surface area contributed by atoms with Crippen molar-refractivity contribution in [3.8, 4) is 0 Å². The van der Waals surface area contributed by atoms with Gasteiger partial charge in [0.05, 0.1) is 18.9 Å². The standard InChI is InChI=1S/C11H15N5O2/c1-2-12-9-6-14-8(5-15-9)11(18)16-4-3-13-10(17)7-16/h5-6H,2-4,7H2,1H3,(H,12,15)(H,13,17). The number of nitrogens with one attached hydrogen (secondary N) is 2. The van der Waals surface area contributed by atoms with Crippen molar-refractivity contribution in [3.63, 3.8) is 0 Å². The van der Waals surface area contributed by atoms with Crippen molar-refractivity contribution >= 4 is 17.6 Å². The van der Waals surface area contributed by atoms with E-state index in [0.717, 1.165) is 6.54 Å². The lowest BCUT2D eigenvalue weighted by Crippen LogP contribution is -2.50. The van der Waals surface area contributed by atoms with Gasteiger partial charge in [-0.25, -0.2) is 9.97 Å². The maximum atomic E-state index is 12.0. The van der Waals surface area contributed by atoms with E-state index in [1.807, 2.05) is 6.92 Å². The van der Waals surface area contributed by atoms with Crippen LogP contribution in [-0.4, -0.2) is 52.9 Å². The Bertz CT molecular complexity index is 445. The zero-order valence-electron chi connectivity index (χ0n) is 10.1. The molecule has 1 aliphatic heterocycles. The van der Waals surface area contributed by atoms with Crippen LogP contribution in [0.25, 0.3) is 0 Å². The zero-order chi connectivity index (χ0) is 13.0. The quantitative estimate of drug-likeness (QED) is 0.752. The van der Waals surface area contributed by atoms with Gasteiger partial charge < -0.3 is 15.5 Å². The van der Waals surface area contributed by atoms with E-state index < -0.39 is 0 Å². The van der Waals surface area contributed by atoms with Crippen LogP contribution in [0.5, 0.6) is 0 Å². The number of carbonyl (C=O) groups is 2. The Labute approximate surface area is 105 Å². The first-order valence-corrected chi connectivity index (χ1v) is 5.82. The molecule has 1 saturated heterocycles. The van der Waals surface area contributed by atoms with E-state index >= 15 is 0 Å². The van der Waals surface area contributed by atoms with E-state index in [9.17, 15) is 9.59 Å². The predicted molar refractivity (Wildman–Crippen MR) is 65.1 cm³/mol. The molecule has 18 heavy (non-hydrogen) atoms. The number of nitrogens with zero attached hydrogens (tertiary/aromatic N) is 3. The summed E-state index contributed by atoms with van der Waals surface area (Å²) in [6, 6.07) is 0. The van der Waals surface area contributed by atoms with Crippen LogP contribution in [0.3, 0.4) is 0 Å². The molecule has 0 radical (unpaired) electrons. The molecule has 0 atom stereocenters. The number of amides is 2. The Morgan fingerprint density at radius 2 is 2.33 bits per heavy atom. The molecule has 1 fully saturated rings. The highest BCUT2D eigenvalue weighted by Gasteiger charge is 2.23. The zero-order valence-corrected chi connectivity index (χ0v) is 10.1. The lowest BCUT2D eigenvalue weighted by Gasteiger charge is -2.26. The number of hydrogen-bond acceptors (Lipinski definition) is 5. The molecule has 1 aliphatic rings. The fraction of sp³-hybridized carbons (Fsp3) is 0.455. The normalized spacial score (nSPS) is 15.2. The van der Waals surface area contributed by atoms with Gasteiger partial charge in [0.1, 0.15) is 11.5 Å². The summed E-state index contributed by atoms with van der Waals surface area (Å²) in [5.74, 6) is 0.220. The topological polar surface area (TPSA) is 87.2 Å². The van der Waals surface area contributed by atoms with Crippen molar-refractivity contribution in [2.24, 2.45) is 0 Å². The first kappa shape index (κ1) is 12.3. The van der Waals surface area contributed by atoms with Gasteiger partial charge in [0, 0.05) is 19.6 Å². The van der Waals surface area contributed by atoms with Crippen molar-refractivity contribution in [1.29, 1.82) is 0 Å². The largest absolute Gasteiger partial charge is 0.369 e. The highest BCUT2D eigenvalue weighted by atomic mass is 16.2. The fourth-order valence-corrected chi connectivity index (χ4v) is 1.68. The molecule has 1 aromatic rings. The van der Waals surface area contributed by atoms with Crippen molar-refractivity contribution in [2.75, 3.05) is 31.5 Å². The first-order valence-electron chi connectivity index (χ1n) is 5.82. The second-order valence-corrected chi connectivity index (χ2v) is 3.89. The molecule has 0 unspecified atom stereocenters. The van der Waals surface area contributed by atoms with Crippen LogP contribution in [0.4, 0.5) is 5.82 Å². The molecule has 0 spiro atoms. The van der Waals surface area contributed by atoms with E-state index in [1.165, 1.54) is 17.3 Å². The van der Waals surface area contributed by atoms with Gasteiger partial charge in [-0.15, -0.1) is 0 Å². The number of rotatable bonds is 3. The second-order valence-electron chi connectivity index (χ2n) is 3.89. The van der Waals surface area contributed by atoms with E-state index in [2.05, 4.69) is 20.6 Å². The molecule has 2 N–H and O–H groups in total. The van der Waals surface area contributed by atoms with Crippen molar-refractivity contribution in [1.82, 2.24) is 20.2 Å². The summed E-state index contributed by atoms with van der Waals surface area (Å²) in [6.45, 7) is 3.76. The molecular weight excluding hydrogens is 234 g/mol. The molecule has 0 saturated carbocycles. The summed E-state index contributed by atoms with van der Waals surface area (Å²) < 4.78 is 0. The van der Waals surface area contributed by atoms with Gasteiger partial charge >= 0.3 is 0 Å². The average Bonchev–Trinajstić information content (AvgIpc) is 2.39. The minimum atomic E-state index is -0.264. The van der Waals surface area contributed by atoms with Crippen molar-refractivity contribution < 1.29 is 9.59 Å². The molecule has 2 heterocycles. The maximum Gasteiger partial charge on any atom is 0.274 e. The summed E-state index contributed by atoms with van der Waals surface area (Å²) in [5.41, 5.74) is 0.256. The third kappa shape index (κ3) is 2.73. The number of carbonyl (C=O) groups excluding carboxylic acids is 2. The molecule has 0 aromatic carbocycles. The molecule has 7 nitrogen and oxygen atoms in total. The predicted octanol–water partition coefficient (Wildman–Crippen LogP) is -0.520. The maximum absolute atomic E-state index is 12.0. The van der Waals surface area contributed by atoms with Crippen LogP contribution in [-0.2, 0) is 4.79 Å². The highest BCUT2D eigenvalue weighted by molar-refractivity contribution is 5.95. The van der Waals surface area contributed by atoms with Crippen LogP contribution in [0.1, 0.15) is 17.4 Å². The van der Waals surface area contributed by atoms with Gasteiger partial charge in [-0.1, -0.05) is 0 Å². The molecule has 96 valence electrons. The summed E-state index contributed by atoms with van der Waals surface area (Å²) >= 11 is 0. The van der Waals surface area contributed by atoms with E-state index in [4.69, 9.17) is 0 Å². The Morgan fingerprint density at radius 3 is 2.94 bits per heavy atom. The Kier molecular flexibility index (Phi) is 3.71. The Hall–Kier alpha value is -2.18. The van der Waals surface area contributed by atoms with Gasteiger partial charge in [-0.05, 0) is 6.92 Å². The number of anilines is 1. The Morgan fingerprint density at radius 1 is 1.50 bits per heavy atom. The number of hydrogen-bond donors (Lipinski definition) is 2. The summed E-state index contributed by atoms with van der Waals surface area (Å²) in [4.78, 5) is 32.8. The molecule has 2 rings (SSSR count). The molecular formula is C11H15N5O2. The molecule has 0 bridgehead atoms. The third-order valence-electron chi connectivity index (χ3n) is 2.55. The van der Waals surface area contributed by atoms with E-state index in [1.54, 1.807) is 0 Å². The number of aromatic nitrogens is 2. The monoisotopic (exact) mass is 249 g/mol. The van der Waals surface area contributed by atoms with Crippen LogP contribution in [0.15, 0.2) is 12.4 Å². The fourth-order valence-electron chi connectivity index (χ4n) is 1.68. The van der Waals surface area contributed by atoms with Crippen LogP contribution >= 0.6 is 0 Å². The van der Waals surface area contributed by atoms with Gasteiger partial charge in [-0.3, -0.25) is 9.59 Å². The second kappa shape index (κ2) is 5.44. The molecule has 0 aliphatic carbocycles. The summed E-state index contributed by atoms with van der Waals surface area (Å²) in [6.07, 6.45) is 2.94. The van der Waals surface area contributed by atoms with E-state index in [-0.39, 0.29) is 24.1 Å². The smallest absolute Gasteiger partial charge is 0.274 e. The molecule has 2 amide bonds. The minimum absolute atomic E-state index is 0.0788. The van der Waals surface area contributed by atoms with Gasteiger partial charge in [-0.2, -0.15) is 0 Å². The van der Waals surface area contributed by atoms with Crippen LogP contribution in [0.2, 0.25) is 0 Å². The molecule has 7 heteroatoms. The minimum Gasteiger partial charge on any atom is -0.369 e. The average molecular weight is 249 g/mol. The summed E-state index contributed by atoms with van der Waals surface area (Å²) in [7, 11) is 0. The Balaban J connectivity index is 2.06. The first-order chi connectivity index (χ1) is 8.70. The highest BCUT2D eigenvalue weighted by Crippen LogP contribution is 2.05. The van der Waals surface area contributed by atoms with Gasteiger partial charge in [0.25, 0.3) is 5.91 Å². The SMILES string of the molecule is CCNc1cnc(C(=O)N2CCNC(=O)C2)cn1. The lowest BCUT2D eigenvalue weighted by molar-refractivity contribution is -0.123. The van der Waals surface area contributed by atoms with Crippen LogP contribution < -0.4 is 10.6 Å². The van der Waals surface area contributed by atoms with Gasteiger partial charge in [0.2, 0.25) is 5.91 Å². The van der Waals surface area contributed by atoms with Gasteiger partial charge in [0.15, 0.2) is 0 Å². The summed E-state index contributed by atoms with van der Waals surface area (Å²) in [5, 5.41) is 5.66. The van der Waals surface area contributed by atoms with E-state index in [0.29, 0.717) is 18.9 Å². The lowest BCUT2D eigenvalue weighted by atomic mass is 10.3. The van der Waals surface area contributed by atoms with Crippen molar-refractivity contribution in [3.05, 3.63) is 18.1 Å². The number of piperazine rings is 1. The molecule has 1 aromatic heterocycles. The van der Waals surface area contributed by atoms with Crippen molar-refractivity contribution in [2.45, 2.75) is 6.92 Å².